The summed E-state index contributed by atoms with van der Waals surface area (Å²) in [5, 5.41) is 8.83. The van der Waals surface area contributed by atoms with Gasteiger partial charge in [0.1, 0.15) is 12.6 Å². The highest BCUT2D eigenvalue weighted by Crippen LogP contribution is 2.43. The molecule has 0 amide bonds. The van der Waals surface area contributed by atoms with Crippen LogP contribution in [0.15, 0.2) is 60.8 Å². The van der Waals surface area contributed by atoms with E-state index in [-0.39, 0.29) is 19.4 Å². The highest BCUT2D eigenvalue weighted by atomic mass is 31.2. The molecule has 0 aromatic heterocycles. The molecule has 0 radical (unpaired) electrons. The molecule has 0 saturated carbocycles. The fourth-order valence-corrected chi connectivity index (χ4v) is 4.99. The van der Waals surface area contributed by atoms with Crippen molar-refractivity contribution in [2.24, 2.45) is 5.73 Å². The largest absolute Gasteiger partial charge is 0.480 e. The first-order valence-electron chi connectivity index (χ1n) is 17.8. The van der Waals surface area contributed by atoms with Gasteiger partial charge in [0.2, 0.25) is 0 Å². The SMILES string of the molecule is CC/C=C\C/C=C\C/C=C\C/C=C\C/C=C\CCCC(=O)OC(COC(=O)CCCCCCCCCC)COP(=O)(O)OCC(N)C(=O)O. The lowest BCUT2D eigenvalue weighted by molar-refractivity contribution is -0.161. The lowest BCUT2D eigenvalue weighted by atomic mass is 10.1. The summed E-state index contributed by atoms with van der Waals surface area (Å²) >= 11 is 0. The van der Waals surface area contributed by atoms with Gasteiger partial charge in [-0.3, -0.25) is 23.4 Å². The molecule has 4 N–H and O–H groups in total. The number of hydrogen-bond acceptors (Lipinski definition) is 9. The summed E-state index contributed by atoms with van der Waals surface area (Å²) < 4.78 is 32.4. The summed E-state index contributed by atoms with van der Waals surface area (Å²) in [6.45, 7) is 2.55. The fourth-order valence-electron chi connectivity index (χ4n) is 4.22. The van der Waals surface area contributed by atoms with E-state index in [4.69, 9.17) is 24.8 Å². The van der Waals surface area contributed by atoms with Gasteiger partial charge in [-0.25, -0.2) is 4.57 Å². The molecule has 0 aliphatic heterocycles. The molecule has 0 aromatic rings. The second kappa shape index (κ2) is 32.4. The second-order valence-electron chi connectivity index (χ2n) is 11.6. The minimum atomic E-state index is -4.72. The number of phosphoric acid groups is 1. The van der Waals surface area contributed by atoms with Gasteiger partial charge in [-0.05, 0) is 51.4 Å². The van der Waals surface area contributed by atoms with Crippen LogP contribution in [-0.4, -0.2) is 59.9 Å². The average molecular weight is 712 g/mol. The number of ether oxygens (including phenoxy) is 2. The lowest BCUT2D eigenvalue weighted by Crippen LogP contribution is -2.34. The molecule has 0 spiro atoms. The second-order valence-corrected chi connectivity index (χ2v) is 13.1. The molecule has 0 aliphatic rings. The number of phosphoric ester groups is 1. The number of hydrogen-bond donors (Lipinski definition) is 3. The van der Waals surface area contributed by atoms with E-state index in [1.54, 1.807) is 0 Å². The molecule has 0 rings (SSSR count). The number of unbranched alkanes of at least 4 members (excludes halogenated alkanes) is 8. The number of nitrogens with two attached hydrogens (primary N) is 1. The van der Waals surface area contributed by atoms with Gasteiger partial charge in [-0.2, -0.15) is 0 Å². The topological polar surface area (TPSA) is 172 Å². The first-order chi connectivity index (χ1) is 23.6. The molecule has 12 heteroatoms. The highest BCUT2D eigenvalue weighted by Gasteiger charge is 2.28. The summed E-state index contributed by atoms with van der Waals surface area (Å²) in [6.07, 6.45) is 34.6. The molecule has 11 nitrogen and oxygen atoms in total. The average Bonchev–Trinajstić information content (AvgIpc) is 3.07. The number of esters is 2. The van der Waals surface area contributed by atoms with Gasteiger partial charge in [-0.1, -0.05) is 120 Å². The van der Waals surface area contributed by atoms with Crippen LogP contribution in [0.2, 0.25) is 0 Å². The number of carboxylic acids is 1. The number of carboxylic acid groups (broad SMARTS) is 1. The maximum atomic E-state index is 12.5. The van der Waals surface area contributed by atoms with Gasteiger partial charge in [0.15, 0.2) is 6.10 Å². The molecule has 0 heterocycles. The lowest BCUT2D eigenvalue weighted by Gasteiger charge is -2.20. The smallest absolute Gasteiger partial charge is 0.472 e. The predicted octanol–water partition coefficient (Wildman–Crippen LogP) is 8.44. The van der Waals surface area contributed by atoms with Gasteiger partial charge < -0.3 is 25.2 Å². The normalized spacial score (nSPS) is 14.7. The van der Waals surface area contributed by atoms with Crippen LogP contribution in [-0.2, 0) is 37.5 Å². The Morgan fingerprint density at radius 2 is 1.14 bits per heavy atom. The summed E-state index contributed by atoms with van der Waals surface area (Å²) in [6, 6.07) is -1.53. The molecule has 0 aromatic carbocycles. The molecular formula is C37H62NO10P. The van der Waals surface area contributed by atoms with Crippen molar-refractivity contribution in [3.8, 4) is 0 Å². The molecule has 49 heavy (non-hydrogen) atoms. The summed E-state index contributed by atoms with van der Waals surface area (Å²) in [5.74, 6) is -2.47. The third-order valence-corrected chi connectivity index (χ3v) is 7.98. The van der Waals surface area contributed by atoms with Crippen molar-refractivity contribution in [3.05, 3.63) is 60.8 Å². The summed E-state index contributed by atoms with van der Waals surface area (Å²) in [4.78, 5) is 45.5. The Morgan fingerprint density at radius 1 is 0.653 bits per heavy atom. The molecule has 3 atom stereocenters. The molecule has 0 saturated heterocycles. The first kappa shape index (κ1) is 46.2. The van der Waals surface area contributed by atoms with E-state index in [0.717, 1.165) is 51.4 Å². The van der Waals surface area contributed by atoms with Crippen LogP contribution >= 0.6 is 7.82 Å². The number of allylic oxidation sites excluding steroid dienone is 10. The minimum Gasteiger partial charge on any atom is -0.480 e. The van der Waals surface area contributed by atoms with Crippen molar-refractivity contribution in [2.45, 2.75) is 135 Å². The predicted molar refractivity (Wildman–Crippen MR) is 194 cm³/mol. The zero-order valence-corrected chi connectivity index (χ0v) is 30.6. The van der Waals surface area contributed by atoms with Crippen molar-refractivity contribution in [1.29, 1.82) is 0 Å². The van der Waals surface area contributed by atoms with Crippen LogP contribution in [0.4, 0.5) is 0 Å². The molecule has 0 fully saturated rings. The van der Waals surface area contributed by atoms with Gasteiger partial charge in [0.25, 0.3) is 0 Å². The van der Waals surface area contributed by atoms with E-state index in [1.165, 1.54) is 25.7 Å². The van der Waals surface area contributed by atoms with Crippen molar-refractivity contribution in [1.82, 2.24) is 0 Å². The van der Waals surface area contributed by atoms with Gasteiger partial charge in [-0.15, -0.1) is 0 Å². The Kier molecular flexibility index (Phi) is 30.5. The number of aliphatic carboxylic acids is 1. The zero-order chi connectivity index (χ0) is 36.4. The van der Waals surface area contributed by atoms with Crippen LogP contribution < -0.4 is 5.73 Å². The highest BCUT2D eigenvalue weighted by molar-refractivity contribution is 7.47. The van der Waals surface area contributed by atoms with Crippen LogP contribution in [0.25, 0.3) is 0 Å². The first-order valence-corrected chi connectivity index (χ1v) is 19.3. The number of rotatable bonds is 32. The quantitative estimate of drug-likeness (QED) is 0.0265. The molecule has 3 unspecified atom stereocenters. The van der Waals surface area contributed by atoms with Crippen LogP contribution in [0.3, 0.4) is 0 Å². The summed E-state index contributed by atoms with van der Waals surface area (Å²) in [5.41, 5.74) is 5.30. The van der Waals surface area contributed by atoms with Crippen LogP contribution in [0.5, 0.6) is 0 Å². The van der Waals surface area contributed by atoms with Gasteiger partial charge >= 0.3 is 25.7 Å². The van der Waals surface area contributed by atoms with Crippen molar-refractivity contribution in [2.75, 3.05) is 19.8 Å². The van der Waals surface area contributed by atoms with Crippen LogP contribution in [0, 0.1) is 0 Å². The Balaban J connectivity index is 4.57. The third kappa shape index (κ3) is 32.2. The van der Waals surface area contributed by atoms with Crippen molar-refractivity contribution < 1.29 is 47.5 Å². The van der Waals surface area contributed by atoms with E-state index in [9.17, 15) is 23.8 Å². The van der Waals surface area contributed by atoms with Crippen LogP contribution in [0.1, 0.15) is 123 Å². The minimum absolute atomic E-state index is 0.0811. The number of carbonyl (C=O) groups excluding carboxylic acids is 2. The third-order valence-electron chi connectivity index (χ3n) is 7.03. The Hall–Kier alpha value is -2.82. The molecule has 0 bridgehead atoms. The van der Waals surface area contributed by atoms with E-state index >= 15 is 0 Å². The maximum absolute atomic E-state index is 12.5. The molecule has 0 aliphatic carbocycles. The van der Waals surface area contributed by atoms with Gasteiger partial charge in [0, 0.05) is 12.8 Å². The van der Waals surface area contributed by atoms with E-state index in [2.05, 4.69) is 67.0 Å². The van der Waals surface area contributed by atoms with E-state index in [1.807, 2.05) is 12.2 Å². The summed E-state index contributed by atoms with van der Waals surface area (Å²) in [7, 11) is -4.72. The Labute approximate surface area is 294 Å². The zero-order valence-electron chi connectivity index (χ0n) is 29.8. The number of carbonyl (C=O) groups is 3. The van der Waals surface area contributed by atoms with Gasteiger partial charge in [0.05, 0.1) is 13.2 Å². The van der Waals surface area contributed by atoms with E-state index < -0.39 is 51.1 Å². The molecular weight excluding hydrogens is 649 g/mol. The van der Waals surface area contributed by atoms with Crippen molar-refractivity contribution in [3.63, 3.8) is 0 Å². The fraction of sp³-hybridized carbons (Fsp3) is 0.649. The standard InChI is InChI=1S/C37H62NO10P/c1-3-5-7-9-11-13-14-15-16-17-18-19-20-21-23-25-27-29-36(40)48-33(31-46-49(43,44)47-32-34(38)37(41)42)30-45-35(39)28-26-24-22-12-10-8-6-4-2/h5,7,11,13,15-16,18-19,21,23,33-34H,3-4,6,8-10,12,14,17,20,22,24-32,38H2,1-2H3,(H,41,42)(H,43,44)/b7-5-,13-11-,16-15-,19-18-,23-21-. The van der Waals surface area contributed by atoms with Crippen molar-refractivity contribution >= 4 is 25.7 Å². The molecule has 280 valence electrons. The Morgan fingerprint density at radius 3 is 1.69 bits per heavy atom. The monoisotopic (exact) mass is 711 g/mol. The Bertz CT molecular complexity index is 1070. The maximum Gasteiger partial charge on any atom is 0.472 e. The van der Waals surface area contributed by atoms with E-state index in [0.29, 0.717) is 19.3 Å².